The maximum Gasteiger partial charge on any atom is 0.276 e. The van der Waals surface area contributed by atoms with Crippen molar-refractivity contribution < 1.29 is 14.3 Å². The van der Waals surface area contributed by atoms with Crippen LogP contribution in [0, 0.1) is 0 Å². The third-order valence-corrected chi connectivity index (χ3v) is 4.98. The Morgan fingerprint density at radius 1 is 1.11 bits per heavy atom. The molecule has 1 atom stereocenters. The summed E-state index contributed by atoms with van der Waals surface area (Å²) in [4.78, 5) is 17.6. The number of ether oxygens (including phenoxy) is 2. The minimum atomic E-state index is -0.483. The fraction of sp³-hybridized carbons (Fsp3) is 0.211. The predicted molar refractivity (Wildman–Crippen MR) is 104 cm³/mol. The summed E-state index contributed by atoms with van der Waals surface area (Å²) < 4.78 is 10.7. The fourth-order valence-corrected chi connectivity index (χ4v) is 3.51. The Morgan fingerprint density at radius 2 is 1.89 bits per heavy atom. The highest BCUT2D eigenvalue weighted by Crippen LogP contribution is 2.35. The predicted octanol–water partition coefficient (Wildman–Crippen LogP) is 1.21. The monoisotopic (exact) mass is 382 g/mol. The topological polar surface area (TPSA) is 75.5 Å². The number of thioether (sulfide) groups is 1. The molecule has 2 aliphatic rings. The number of rotatable bonds is 3. The molecule has 0 spiro atoms. The maximum absolute atomic E-state index is 12.8. The highest BCUT2D eigenvalue weighted by Gasteiger charge is 2.34. The van der Waals surface area contributed by atoms with Crippen LogP contribution in [0.15, 0.2) is 52.6 Å². The summed E-state index contributed by atoms with van der Waals surface area (Å²) in [5, 5.41) is 11.2. The van der Waals surface area contributed by atoms with Gasteiger partial charge in [0.25, 0.3) is 5.91 Å². The second-order valence-corrected chi connectivity index (χ2v) is 6.69. The molecule has 0 unspecified atom stereocenters. The van der Waals surface area contributed by atoms with Crippen LogP contribution in [0.1, 0.15) is 11.7 Å². The highest BCUT2D eigenvalue weighted by molar-refractivity contribution is 8.13. The Kier molecular flexibility index (Phi) is 4.49. The average Bonchev–Trinajstić information content (AvgIpc) is 2.72. The number of nitrogens with one attached hydrogen (secondary N) is 1. The smallest absolute Gasteiger partial charge is 0.276 e. The minimum Gasteiger partial charge on any atom is -0.493 e. The summed E-state index contributed by atoms with van der Waals surface area (Å²) in [6.45, 7) is 0. The second-order valence-electron chi connectivity index (χ2n) is 5.89. The molecule has 1 amide bonds. The van der Waals surface area contributed by atoms with Gasteiger partial charge in [-0.1, -0.05) is 36.0 Å². The highest BCUT2D eigenvalue weighted by atomic mass is 32.2. The van der Waals surface area contributed by atoms with Crippen molar-refractivity contribution in [1.82, 2.24) is 10.3 Å². The number of para-hydroxylation sites is 1. The molecule has 0 saturated carbocycles. The van der Waals surface area contributed by atoms with E-state index >= 15 is 0 Å². The van der Waals surface area contributed by atoms with E-state index in [-0.39, 0.29) is 5.91 Å². The SMILES string of the molecule is COc1ccc([C@H]2N=c3ccccc3=C3C(=O)NC(SC)=NN32)cc1OC. The van der Waals surface area contributed by atoms with Gasteiger partial charge >= 0.3 is 0 Å². The van der Waals surface area contributed by atoms with Crippen LogP contribution in [0.5, 0.6) is 11.5 Å². The number of fused-ring (bicyclic) bond motifs is 2. The van der Waals surface area contributed by atoms with E-state index in [0.717, 1.165) is 16.1 Å². The van der Waals surface area contributed by atoms with E-state index in [1.165, 1.54) is 11.8 Å². The quantitative estimate of drug-likeness (QED) is 0.864. The zero-order valence-corrected chi connectivity index (χ0v) is 15.9. The first kappa shape index (κ1) is 17.4. The van der Waals surface area contributed by atoms with Crippen LogP contribution in [-0.4, -0.2) is 36.6 Å². The van der Waals surface area contributed by atoms with Crippen LogP contribution in [0.25, 0.3) is 5.70 Å². The molecule has 138 valence electrons. The van der Waals surface area contributed by atoms with Gasteiger partial charge in [-0.15, -0.1) is 5.10 Å². The summed E-state index contributed by atoms with van der Waals surface area (Å²) in [6, 6.07) is 13.2. The molecular formula is C19H18N4O3S. The van der Waals surface area contributed by atoms with Crippen molar-refractivity contribution in [2.75, 3.05) is 20.5 Å². The van der Waals surface area contributed by atoms with Crippen LogP contribution in [0.2, 0.25) is 0 Å². The summed E-state index contributed by atoms with van der Waals surface area (Å²) in [5.41, 5.74) is 1.33. The Morgan fingerprint density at radius 3 is 2.63 bits per heavy atom. The van der Waals surface area contributed by atoms with Gasteiger partial charge in [0, 0.05) is 10.8 Å². The molecule has 0 saturated heterocycles. The molecule has 4 rings (SSSR count). The minimum absolute atomic E-state index is 0.192. The summed E-state index contributed by atoms with van der Waals surface area (Å²) in [7, 11) is 3.18. The number of methoxy groups -OCH3 is 2. The van der Waals surface area contributed by atoms with Crippen LogP contribution in [0.4, 0.5) is 0 Å². The summed E-state index contributed by atoms with van der Waals surface area (Å²) in [5.74, 6) is 1.04. The van der Waals surface area contributed by atoms with Gasteiger partial charge in [0.1, 0.15) is 5.70 Å². The van der Waals surface area contributed by atoms with Crippen LogP contribution < -0.4 is 25.4 Å². The number of amidine groups is 1. The van der Waals surface area contributed by atoms with Crippen molar-refractivity contribution in [3.05, 3.63) is 58.6 Å². The fourth-order valence-electron chi connectivity index (χ4n) is 3.15. The summed E-state index contributed by atoms with van der Waals surface area (Å²) in [6.07, 6.45) is 1.38. The third-order valence-electron chi connectivity index (χ3n) is 4.41. The number of amides is 1. The average molecular weight is 382 g/mol. The lowest BCUT2D eigenvalue weighted by molar-refractivity contribution is -0.116. The van der Waals surface area contributed by atoms with Crippen molar-refractivity contribution in [2.45, 2.75) is 6.17 Å². The maximum atomic E-state index is 12.8. The van der Waals surface area contributed by atoms with Gasteiger partial charge in [-0.2, -0.15) is 0 Å². The van der Waals surface area contributed by atoms with Crippen LogP contribution in [-0.2, 0) is 4.79 Å². The Bertz CT molecular complexity index is 1070. The first-order chi connectivity index (χ1) is 13.2. The van der Waals surface area contributed by atoms with Crippen molar-refractivity contribution >= 4 is 28.5 Å². The Balaban J connectivity index is 1.94. The molecule has 2 heterocycles. The molecule has 0 bridgehead atoms. The van der Waals surface area contributed by atoms with Gasteiger partial charge in [0.15, 0.2) is 22.8 Å². The number of hydrogen-bond donors (Lipinski definition) is 1. The molecule has 0 fully saturated rings. The number of nitrogens with zero attached hydrogens (tertiary/aromatic N) is 3. The van der Waals surface area contributed by atoms with E-state index in [0.29, 0.717) is 22.4 Å². The van der Waals surface area contributed by atoms with Crippen molar-refractivity contribution in [2.24, 2.45) is 10.1 Å². The molecule has 1 N–H and O–H groups in total. The van der Waals surface area contributed by atoms with Gasteiger partial charge in [0.2, 0.25) is 0 Å². The third kappa shape index (κ3) is 2.91. The zero-order chi connectivity index (χ0) is 19.0. The molecule has 2 aliphatic heterocycles. The Hall–Kier alpha value is -3.00. The van der Waals surface area contributed by atoms with E-state index < -0.39 is 6.17 Å². The van der Waals surface area contributed by atoms with E-state index in [1.54, 1.807) is 19.2 Å². The molecular weight excluding hydrogens is 364 g/mol. The first-order valence-corrected chi connectivity index (χ1v) is 9.51. The molecule has 2 aromatic rings. The van der Waals surface area contributed by atoms with Crippen molar-refractivity contribution in [3.8, 4) is 11.5 Å². The normalized spacial score (nSPS) is 18.0. The van der Waals surface area contributed by atoms with Crippen molar-refractivity contribution in [1.29, 1.82) is 0 Å². The first-order valence-electron chi connectivity index (χ1n) is 8.28. The number of hydrogen-bond acceptors (Lipinski definition) is 7. The van der Waals surface area contributed by atoms with Crippen molar-refractivity contribution in [3.63, 3.8) is 0 Å². The van der Waals surface area contributed by atoms with E-state index in [1.807, 2.05) is 48.7 Å². The van der Waals surface area contributed by atoms with Gasteiger partial charge in [0.05, 0.1) is 19.6 Å². The van der Waals surface area contributed by atoms with Gasteiger partial charge in [-0.05, 0) is 24.5 Å². The van der Waals surface area contributed by atoms with Crippen LogP contribution >= 0.6 is 11.8 Å². The Labute approximate surface area is 160 Å². The van der Waals surface area contributed by atoms with Gasteiger partial charge in [-0.25, -0.2) is 5.01 Å². The standard InChI is InChI=1S/C19H18N4O3S/c1-25-14-9-8-11(10-15(14)26-2)17-20-13-7-5-4-6-12(13)16-18(24)21-19(27-3)22-23(16)17/h4-10,17H,1-3H3,(H,21,22,24)/t17-/m0/s1. The van der Waals surface area contributed by atoms with Gasteiger partial charge in [-0.3, -0.25) is 15.1 Å². The number of benzene rings is 2. The molecule has 27 heavy (non-hydrogen) atoms. The number of hydrazone groups is 1. The number of carbonyl (C=O) groups excluding carboxylic acids is 1. The lowest BCUT2D eigenvalue weighted by Gasteiger charge is -2.34. The molecule has 8 heteroatoms. The second kappa shape index (κ2) is 6.96. The molecule has 7 nitrogen and oxygen atoms in total. The lowest BCUT2D eigenvalue weighted by Crippen LogP contribution is -2.50. The molecule has 0 radical (unpaired) electrons. The number of carbonyl (C=O) groups is 1. The van der Waals surface area contributed by atoms with Gasteiger partial charge < -0.3 is 9.47 Å². The van der Waals surface area contributed by atoms with E-state index in [4.69, 9.17) is 14.5 Å². The molecule has 0 aromatic heterocycles. The van der Waals surface area contributed by atoms with Crippen LogP contribution in [0.3, 0.4) is 0 Å². The lowest BCUT2D eigenvalue weighted by atomic mass is 10.1. The van der Waals surface area contributed by atoms with E-state index in [2.05, 4.69) is 10.4 Å². The molecule has 2 aromatic carbocycles. The molecule has 0 aliphatic carbocycles. The summed E-state index contributed by atoms with van der Waals surface area (Å²) >= 11 is 1.37. The van der Waals surface area contributed by atoms with E-state index in [9.17, 15) is 4.79 Å². The zero-order valence-electron chi connectivity index (χ0n) is 15.1. The largest absolute Gasteiger partial charge is 0.493 e.